The van der Waals surface area contributed by atoms with Gasteiger partial charge < -0.3 is 20.7 Å². The van der Waals surface area contributed by atoms with Gasteiger partial charge in [-0.15, -0.1) is 11.3 Å². The van der Waals surface area contributed by atoms with Gasteiger partial charge in [-0.25, -0.2) is 14.4 Å². The van der Waals surface area contributed by atoms with E-state index in [1.165, 1.54) is 11.3 Å². The van der Waals surface area contributed by atoms with Gasteiger partial charge in [-0.1, -0.05) is 24.3 Å². The highest BCUT2D eigenvalue weighted by Gasteiger charge is 2.41. The highest BCUT2D eigenvalue weighted by Crippen LogP contribution is 2.48. The van der Waals surface area contributed by atoms with E-state index in [9.17, 15) is 4.79 Å². The van der Waals surface area contributed by atoms with E-state index in [4.69, 9.17) is 10.5 Å². The summed E-state index contributed by atoms with van der Waals surface area (Å²) in [7, 11) is 1.72. The highest BCUT2D eigenvalue weighted by molar-refractivity contribution is 7.15. The van der Waals surface area contributed by atoms with Gasteiger partial charge in [-0.2, -0.15) is 0 Å². The van der Waals surface area contributed by atoms with E-state index in [0.29, 0.717) is 59.5 Å². The second kappa shape index (κ2) is 9.44. The van der Waals surface area contributed by atoms with Crippen LogP contribution in [0.4, 0.5) is 15.9 Å². The fourth-order valence-corrected chi connectivity index (χ4v) is 6.26. The van der Waals surface area contributed by atoms with Crippen molar-refractivity contribution in [3.05, 3.63) is 68.8 Å². The second-order valence-electron chi connectivity index (χ2n) is 10.2. The molecule has 0 bridgehead atoms. The van der Waals surface area contributed by atoms with E-state index in [1.54, 1.807) is 24.6 Å². The molecule has 3 N–H and O–H groups in total. The molecule has 1 aromatic carbocycles. The molecule has 1 aliphatic heterocycles. The van der Waals surface area contributed by atoms with Crippen molar-refractivity contribution in [3.8, 4) is 10.4 Å². The lowest BCUT2D eigenvalue weighted by Gasteiger charge is -2.29. The lowest BCUT2D eigenvalue weighted by Crippen LogP contribution is -2.40. The number of aryl methyl sites for hydroxylation is 2. The molecule has 2 aliphatic rings. The monoisotopic (exact) mass is 534 g/mol. The Hall–Kier alpha value is -3.34. The summed E-state index contributed by atoms with van der Waals surface area (Å²) in [6.07, 6.45) is 1.88. The van der Waals surface area contributed by atoms with E-state index in [2.05, 4.69) is 15.3 Å². The van der Waals surface area contributed by atoms with Crippen molar-refractivity contribution < 1.29 is 9.13 Å². The van der Waals surface area contributed by atoms with E-state index in [0.717, 1.165) is 28.8 Å². The molecule has 3 aromatic heterocycles. The summed E-state index contributed by atoms with van der Waals surface area (Å²) in [6.45, 7) is 6.13. The van der Waals surface area contributed by atoms with Crippen molar-refractivity contribution in [3.63, 3.8) is 0 Å². The Kier molecular flexibility index (Phi) is 6.20. The van der Waals surface area contributed by atoms with E-state index < -0.39 is 0 Å². The van der Waals surface area contributed by atoms with Crippen LogP contribution in [0.1, 0.15) is 42.1 Å². The molecule has 0 radical (unpaired) electrons. The number of aromatic nitrogens is 3. The Labute approximate surface area is 224 Å². The molecular weight excluding hydrogens is 503 g/mol. The molecular formula is C28H31FN6O2S. The summed E-state index contributed by atoms with van der Waals surface area (Å²) in [5, 5.41) is 4.13. The van der Waals surface area contributed by atoms with Crippen LogP contribution in [-0.2, 0) is 17.3 Å². The maximum atomic E-state index is 15.4. The lowest BCUT2D eigenvalue weighted by molar-refractivity contribution is 0.122. The maximum absolute atomic E-state index is 15.4. The van der Waals surface area contributed by atoms with Gasteiger partial charge in [0.2, 0.25) is 0 Å². The number of benzene rings is 1. The first-order valence-corrected chi connectivity index (χ1v) is 13.7. The Morgan fingerprint density at radius 2 is 1.92 bits per heavy atom. The normalized spacial score (nSPS) is 17.6. The number of hydrogen-bond acceptors (Lipinski definition) is 8. The summed E-state index contributed by atoms with van der Waals surface area (Å²) in [5.74, 6) is 0.831. The molecule has 1 saturated heterocycles. The fraction of sp³-hybridized carbons (Fsp3) is 0.393. The van der Waals surface area contributed by atoms with Crippen molar-refractivity contribution in [2.75, 3.05) is 36.5 Å². The summed E-state index contributed by atoms with van der Waals surface area (Å²) in [5.41, 5.74) is 9.27. The van der Waals surface area contributed by atoms with Gasteiger partial charge in [0.1, 0.15) is 28.8 Å². The van der Waals surface area contributed by atoms with E-state index >= 15 is 4.39 Å². The zero-order chi connectivity index (χ0) is 26.6. The van der Waals surface area contributed by atoms with Crippen LogP contribution in [0.25, 0.3) is 21.5 Å². The molecule has 4 aromatic rings. The van der Waals surface area contributed by atoms with Crippen LogP contribution in [0.5, 0.6) is 0 Å². The molecule has 10 heteroatoms. The Morgan fingerprint density at radius 1 is 1.18 bits per heavy atom. The zero-order valence-corrected chi connectivity index (χ0v) is 22.6. The second-order valence-corrected chi connectivity index (χ2v) is 11.3. The fourth-order valence-electron chi connectivity index (χ4n) is 5.18. The topological polar surface area (TPSA) is 98.3 Å². The summed E-state index contributed by atoms with van der Waals surface area (Å²) >= 11 is 1.43. The first kappa shape index (κ1) is 25.0. The predicted octanol–water partition coefficient (Wildman–Crippen LogP) is 4.46. The van der Waals surface area contributed by atoms with Gasteiger partial charge in [0.25, 0.3) is 5.56 Å². The van der Waals surface area contributed by atoms with Gasteiger partial charge in [0.05, 0.1) is 29.5 Å². The number of anilines is 2. The lowest BCUT2D eigenvalue weighted by atomic mass is 9.98. The number of ether oxygens (including phenoxy) is 1. The van der Waals surface area contributed by atoms with Crippen LogP contribution < -0.4 is 21.5 Å². The number of morpholine rings is 1. The molecule has 1 atom stereocenters. The van der Waals surface area contributed by atoms with Crippen LogP contribution in [0, 0.1) is 12.7 Å². The van der Waals surface area contributed by atoms with E-state index in [-0.39, 0.29) is 23.0 Å². The largest absolute Gasteiger partial charge is 0.378 e. The first-order chi connectivity index (χ1) is 18.2. The van der Waals surface area contributed by atoms with Crippen LogP contribution in [0.2, 0.25) is 0 Å². The molecule has 2 fully saturated rings. The Bertz CT molecular complexity index is 1590. The van der Waals surface area contributed by atoms with Crippen LogP contribution in [0.3, 0.4) is 0 Å². The molecule has 0 unspecified atom stereocenters. The summed E-state index contributed by atoms with van der Waals surface area (Å²) in [6, 6.07) is 11.1. The Morgan fingerprint density at radius 3 is 2.66 bits per heavy atom. The molecule has 1 saturated carbocycles. The number of thiophene rings is 1. The molecule has 8 nitrogen and oxygen atoms in total. The number of nitrogens with zero attached hydrogens (tertiary/aromatic N) is 4. The van der Waals surface area contributed by atoms with Crippen molar-refractivity contribution >= 4 is 33.9 Å². The SMILES string of the molecule is Cc1nc(N[C@H](C)c2sc(-c3ccccc3C3(N)CC3)cc2F)c2cc(N3CCOCC3)c(=O)n(C)c2n1. The van der Waals surface area contributed by atoms with Gasteiger partial charge >= 0.3 is 0 Å². The molecule has 6 rings (SSSR count). The maximum Gasteiger partial charge on any atom is 0.275 e. The van der Waals surface area contributed by atoms with Gasteiger partial charge in [0, 0.05) is 30.6 Å². The molecule has 38 heavy (non-hydrogen) atoms. The highest BCUT2D eigenvalue weighted by atomic mass is 32.1. The van der Waals surface area contributed by atoms with Crippen molar-refractivity contribution in [1.29, 1.82) is 0 Å². The molecule has 4 heterocycles. The van der Waals surface area contributed by atoms with Crippen LogP contribution in [0.15, 0.2) is 41.2 Å². The first-order valence-electron chi connectivity index (χ1n) is 12.9. The van der Waals surface area contributed by atoms with Crippen molar-refractivity contribution in [1.82, 2.24) is 14.5 Å². The molecule has 0 spiro atoms. The number of pyridine rings is 1. The van der Waals surface area contributed by atoms with Gasteiger partial charge in [0.15, 0.2) is 0 Å². The number of halogens is 1. The quantitative estimate of drug-likeness (QED) is 0.377. The molecule has 1 aliphatic carbocycles. The standard InChI is InChI=1S/C28H31FN6O2S/c1-16(24-21(29)15-23(38-24)18-6-4-5-7-20(18)28(30)8-9-28)31-25-19-14-22(35-10-12-37-13-11-35)27(36)34(3)26(19)33-17(2)32-25/h4-7,14-16H,8-13,30H2,1-3H3,(H,31,32,33)/t16-/m1/s1. The number of rotatable bonds is 6. The third-order valence-electron chi connectivity index (χ3n) is 7.49. The average molecular weight is 535 g/mol. The smallest absolute Gasteiger partial charge is 0.275 e. The third kappa shape index (κ3) is 4.36. The number of nitrogens with one attached hydrogen (secondary N) is 1. The zero-order valence-electron chi connectivity index (χ0n) is 21.8. The predicted molar refractivity (Wildman–Crippen MR) is 149 cm³/mol. The summed E-state index contributed by atoms with van der Waals surface area (Å²) < 4.78 is 22.4. The van der Waals surface area contributed by atoms with Gasteiger partial charge in [-0.3, -0.25) is 9.36 Å². The molecule has 0 amide bonds. The van der Waals surface area contributed by atoms with Crippen LogP contribution >= 0.6 is 11.3 Å². The number of fused-ring (bicyclic) bond motifs is 1. The van der Waals surface area contributed by atoms with Gasteiger partial charge in [-0.05, 0) is 49.9 Å². The average Bonchev–Trinajstić information content (AvgIpc) is 3.55. The summed E-state index contributed by atoms with van der Waals surface area (Å²) in [4.78, 5) is 25.9. The van der Waals surface area contributed by atoms with Crippen molar-refractivity contribution in [2.24, 2.45) is 12.8 Å². The minimum Gasteiger partial charge on any atom is -0.378 e. The third-order valence-corrected chi connectivity index (χ3v) is 8.81. The van der Waals surface area contributed by atoms with E-state index in [1.807, 2.05) is 42.2 Å². The minimum atomic E-state index is -0.366. The Balaban J connectivity index is 1.37. The number of nitrogens with two attached hydrogens (primary N) is 1. The van der Waals surface area contributed by atoms with Crippen LogP contribution in [-0.4, -0.2) is 40.8 Å². The molecule has 198 valence electrons. The van der Waals surface area contributed by atoms with Crippen molar-refractivity contribution in [2.45, 2.75) is 38.3 Å². The minimum absolute atomic E-state index is 0.113. The number of hydrogen-bond donors (Lipinski definition) is 2.